The van der Waals surface area contributed by atoms with Gasteiger partial charge in [0.25, 0.3) is 0 Å². The van der Waals surface area contributed by atoms with E-state index in [1.165, 1.54) is 0 Å². The van der Waals surface area contributed by atoms with Crippen molar-refractivity contribution in [1.29, 1.82) is 0 Å². The van der Waals surface area contributed by atoms with Crippen LogP contribution in [0.3, 0.4) is 0 Å². The molecule has 0 bridgehead atoms. The molecule has 0 aromatic carbocycles. The maximum Gasteiger partial charge on any atom is 0.389 e. The molecule has 0 spiro atoms. The molecule has 0 saturated carbocycles. The molecule has 0 aromatic rings. The fourth-order valence-electron chi connectivity index (χ4n) is 2.23. The van der Waals surface area contributed by atoms with Crippen molar-refractivity contribution >= 4 is 0 Å². The molecule has 0 aliphatic carbocycles. The lowest BCUT2D eigenvalue weighted by Gasteiger charge is -2.40. The molecule has 102 valence electrons. The number of methoxy groups -OCH3 is 1. The maximum absolute atomic E-state index is 12.0. The van der Waals surface area contributed by atoms with Crippen LogP contribution in [-0.4, -0.2) is 38.1 Å². The van der Waals surface area contributed by atoms with E-state index >= 15 is 0 Å². The first-order chi connectivity index (χ1) is 7.90. The van der Waals surface area contributed by atoms with Gasteiger partial charge in [0.1, 0.15) is 0 Å². The van der Waals surface area contributed by atoms with Crippen LogP contribution >= 0.6 is 0 Å². The van der Waals surface area contributed by atoms with E-state index < -0.39 is 18.2 Å². The Kier molecular flexibility index (Phi) is 5.22. The van der Waals surface area contributed by atoms with Crippen molar-refractivity contribution in [2.75, 3.05) is 20.3 Å². The average Bonchev–Trinajstić information content (AvgIpc) is 2.28. The molecule has 1 aliphatic heterocycles. The van der Waals surface area contributed by atoms with Crippen LogP contribution in [0.25, 0.3) is 0 Å². The highest BCUT2D eigenvalue weighted by atomic mass is 19.4. The maximum atomic E-state index is 12.0. The lowest BCUT2D eigenvalue weighted by Crippen LogP contribution is -2.52. The van der Waals surface area contributed by atoms with Crippen molar-refractivity contribution in [1.82, 2.24) is 0 Å². The Morgan fingerprint density at radius 1 is 1.35 bits per heavy atom. The fraction of sp³-hybridized carbons (Fsp3) is 1.00. The average molecular weight is 255 g/mol. The van der Waals surface area contributed by atoms with Gasteiger partial charge in [0.15, 0.2) is 0 Å². The number of alkyl halides is 3. The zero-order valence-corrected chi connectivity index (χ0v) is 10.1. The number of rotatable bonds is 5. The summed E-state index contributed by atoms with van der Waals surface area (Å²) in [5.74, 6) is 0. The van der Waals surface area contributed by atoms with Gasteiger partial charge in [0, 0.05) is 45.6 Å². The first kappa shape index (κ1) is 14.7. The van der Waals surface area contributed by atoms with Gasteiger partial charge >= 0.3 is 6.18 Å². The summed E-state index contributed by atoms with van der Waals surface area (Å²) in [6.07, 6.45) is -3.20. The van der Waals surface area contributed by atoms with Crippen molar-refractivity contribution in [2.24, 2.45) is 5.73 Å². The van der Waals surface area contributed by atoms with E-state index in [2.05, 4.69) is 0 Å². The molecule has 1 aliphatic rings. The first-order valence-electron chi connectivity index (χ1n) is 5.85. The normalized spacial score (nSPS) is 22.4. The van der Waals surface area contributed by atoms with Gasteiger partial charge in [0.05, 0.1) is 5.60 Å². The Balaban J connectivity index is 2.41. The van der Waals surface area contributed by atoms with E-state index in [9.17, 15) is 13.2 Å². The third-order valence-electron chi connectivity index (χ3n) is 3.40. The smallest absolute Gasteiger partial charge is 0.381 e. The van der Waals surface area contributed by atoms with Crippen molar-refractivity contribution in [3.05, 3.63) is 0 Å². The minimum Gasteiger partial charge on any atom is -0.381 e. The second-order valence-electron chi connectivity index (χ2n) is 4.50. The molecule has 1 saturated heterocycles. The molecule has 1 heterocycles. The standard InChI is InChI=1S/C11H20F3NO2/c1-16-10(5-7-17-8-6-10)9(15)3-2-4-11(12,13)14/h9H,2-8,15H2,1H3. The summed E-state index contributed by atoms with van der Waals surface area (Å²) >= 11 is 0. The van der Waals surface area contributed by atoms with Crippen LogP contribution in [0.1, 0.15) is 32.1 Å². The van der Waals surface area contributed by atoms with Gasteiger partial charge in [-0.1, -0.05) is 0 Å². The van der Waals surface area contributed by atoms with E-state index in [1.807, 2.05) is 0 Å². The van der Waals surface area contributed by atoms with Crippen molar-refractivity contribution in [3.8, 4) is 0 Å². The van der Waals surface area contributed by atoms with Gasteiger partial charge < -0.3 is 15.2 Å². The number of halogens is 3. The van der Waals surface area contributed by atoms with E-state index in [0.717, 1.165) is 0 Å². The number of ether oxygens (including phenoxy) is 2. The minimum atomic E-state index is -4.10. The molecular weight excluding hydrogens is 235 g/mol. The van der Waals surface area contributed by atoms with Crippen LogP contribution in [0.4, 0.5) is 13.2 Å². The van der Waals surface area contributed by atoms with Gasteiger partial charge in [-0.15, -0.1) is 0 Å². The molecule has 1 fully saturated rings. The highest BCUT2D eigenvalue weighted by Crippen LogP contribution is 2.31. The number of nitrogens with two attached hydrogens (primary N) is 1. The fourth-order valence-corrected chi connectivity index (χ4v) is 2.23. The lowest BCUT2D eigenvalue weighted by molar-refractivity contribution is -0.138. The zero-order chi connectivity index (χ0) is 12.9. The lowest BCUT2D eigenvalue weighted by atomic mass is 9.84. The summed E-state index contributed by atoms with van der Waals surface area (Å²) < 4.78 is 46.8. The topological polar surface area (TPSA) is 44.5 Å². The zero-order valence-electron chi connectivity index (χ0n) is 10.1. The van der Waals surface area contributed by atoms with Crippen LogP contribution in [-0.2, 0) is 9.47 Å². The largest absolute Gasteiger partial charge is 0.389 e. The van der Waals surface area contributed by atoms with E-state index in [0.29, 0.717) is 32.5 Å². The third-order valence-corrected chi connectivity index (χ3v) is 3.40. The molecule has 0 amide bonds. The van der Waals surface area contributed by atoms with Crippen LogP contribution < -0.4 is 5.73 Å². The summed E-state index contributed by atoms with van der Waals surface area (Å²) in [5, 5.41) is 0. The van der Waals surface area contributed by atoms with Crippen LogP contribution in [0.5, 0.6) is 0 Å². The monoisotopic (exact) mass is 255 g/mol. The molecule has 1 unspecified atom stereocenters. The first-order valence-corrected chi connectivity index (χ1v) is 5.85. The van der Waals surface area contributed by atoms with Gasteiger partial charge in [-0.05, 0) is 12.8 Å². The Morgan fingerprint density at radius 2 is 1.94 bits per heavy atom. The summed E-state index contributed by atoms with van der Waals surface area (Å²) in [5.41, 5.74) is 5.47. The van der Waals surface area contributed by atoms with E-state index in [4.69, 9.17) is 15.2 Å². The Labute approximate surface area is 99.4 Å². The molecule has 17 heavy (non-hydrogen) atoms. The predicted octanol–water partition coefficient (Wildman–Crippen LogP) is 2.24. The van der Waals surface area contributed by atoms with E-state index in [-0.39, 0.29) is 12.5 Å². The highest BCUT2D eigenvalue weighted by molar-refractivity contribution is 4.93. The summed E-state index contributed by atoms with van der Waals surface area (Å²) in [6, 6.07) is -0.362. The van der Waals surface area contributed by atoms with E-state index in [1.54, 1.807) is 7.11 Å². The molecule has 2 N–H and O–H groups in total. The van der Waals surface area contributed by atoms with Gasteiger partial charge in [-0.25, -0.2) is 0 Å². The van der Waals surface area contributed by atoms with Gasteiger partial charge in [-0.2, -0.15) is 13.2 Å². The van der Waals surface area contributed by atoms with Crippen molar-refractivity contribution in [2.45, 2.75) is 49.9 Å². The van der Waals surface area contributed by atoms with Gasteiger partial charge in [0.2, 0.25) is 0 Å². The second kappa shape index (κ2) is 6.02. The molecule has 3 nitrogen and oxygen atoms in total. The summed E-state index contributed by atoms with van der Waals surface area (Å²) in [4.78, 5) is 0. The van der Waals surface area contributed by atoms with Gasteiger partial charge in [-0.3, -0.25) is 0 Å². The van der Waals surface area contributed by atoms with Crippen LogP contribution in [0.2, 0.25) is 0 Å². The summed E-state index contributed by atoms with van der Waals surface area (Å²) in [7, 11) is 1.56. The van der Waals surface area contributed by atoms with Crippen LogP contribution in [0, 0.1) is 0 Å². The Morgan fingerprint density at radius 3 is 2.41 bits per heavy atom. The number of hydrogen-bond donors (Lipinski definition) is 1. The predicted molar refractivity (Wildman–Crippen MR) is 57.7 cm³/mol. The van der Waals surface area contributed by atoms with Crippen molar-refractivity contribution in [3.63, 3.8) is 0 Å². The van der Waals surface area contributed by atoms with Crippen LogP contribution in [0.15, 0.2) is 0 Å². The quantitative estimate of drug-likeness (QED) is 0.819. The Hall–Kier alpha value is -0.330. The minimum absolute atomic E-state index is 0.0522. The molecule has 1 rings (SSSR count). The highest BCUT2D eigenvalue weighted by Gasteiger charge is 2.38. The molecule has 0 radical (unpaired) electrons. The second-order valence-corrected chi connectivity index (χ2v) is 4.50. The Bertz CT molecular complexity index is 227. The molecule has 0 aromatic heterocycles. The molecule has 1 atom stereocenters. The third kappa shape index (κ3) is 4.44. The molecule has 6 heteroatoms. The van der Waals surface area contributed by atoms with Crippen molar-refractivity contribution < 1.29 is 22.6 Å². The SMILES string of the molecule is COC1(C(N)CCCC(F)(F)F)CCOCC1. The number of hydrogen-bond acceptors (Lipinski definition) is 3. The molecular formula is C11H20F3NO2. The summed E-state index contributed by atoms with van der Waals surface area (Å²) in [6.45, 7) is 1.11.